The van der Waals surface area contributed by atoms with Gasteiger partial charge in [0.15, 0.2) is 5.84 Å². The highest BCUT2D eigenvalue weighted by Crippen LogP contribution is 2.27. The molecule has 0 saturated heterocycles. The molecule has 0 unspecified atom stereocenters. The highest BCUT2D eigenvalue weighted by atomic mass is 16.4. The third-order valence-electron chi connectivity index (χ3n) is 3.56. The summed E-state index contributed by atoms with van der Waals surface area (Å²) in [5.41, 5.74) is 7.44. The number of benzene rings is 1. The first-order chi connectivity index (χ1) is 9.08. The number of hydrogen-bond donors (Lipinski definition) is 3. The Morgan fingerprint density at radius 1 is 1.47 bits per heavy atom. The monoisotopic (exact) mass is 263 g/mol. The summed E-state index contributed by atoms with van der Waals surface area (Å²) in [6.45, 7) is 1.81. The van der Waals surface area contributed by atoms with Gasteiger partial charge in [-0.25, -0.2) is 0 Å². The van der Waals surface area contributed by atoms with Crippen molar-refractivity contribution in [3.05, 3.63) is 35.4 Å². The third-order valence-corrected chi connectivity index (χ3v) is 3.56. The molecule has 0 radical (unpaired) electrons. The van der Waals surface area contributed by atoms with Gasteiger partial charge in [-0.15, -0.1) is 0 Å². The largest absolute Gasteiger partial charge is 0.409 e. The lowest BCUT2D eigenvalue weighted by atomic mass is 9.82. The molecule has 2 rings (SSSR count). The maximum Gasteiger partial charge on any atom is 0.170 e. The molecule has 1 aliphatic rings. The standard InChI is InChI=1S/C14H21N3O2/c1-17(9-11-6-13(18)7-11)8-10-3-2-4-12(5-10)14(15)16-19/h2-5,11,13,18-19H,6-9H2,1H3,(H2,15,16). The fourth-order valence-corrected chi connectivity index (χ4v) is 2.55. The lowest BCUT2D eigenvalue weighted by Gasteiger charge is -2.34. The van der Waals surface area contributed by atoms with Gasteiger partial charge in [0, 0.05) is 18.7 Å². The number of amidine groups is 1. The van der Waals surface area contributed by atoms with E-state index in [4.69, 9.17) is 10.9 Å². The highest BCUT2D eigenvalue weighted by molar-refractivity contribution is 5.97. The molecule has 104 valence electrons. The maximum absolute atomic E-state index is 9.28. The molecule has 0 heterocycles. The zero-order valence-corrected chi connectivity index (χ0v) is 11.2. The number of aliphatic hydroxyl groups excluding tert-OH is 1. The molecule has 0 bridgehead atoms. The third kappa shape index (κ3) is 3.68. The van der Waals surface area contributed by atoms with E-state index in [1.807, 2.05) is 24.3 Å². The summed E-state index contributed by atoms with van der Waals surface area (Å²) in [7, 11) is 2.07. The van der Waals surface area contributed by atoms with Crippen molar-refractivity contribution in [1.29, 1.82) is 0 Å². The van der Waals surface area contributed by atoms with Gasteiger partial charge in [-0.05, 0) is 37.4 Å². The topological polar surface area (TPSA) is 82.1 Å². The second-order valence-electron chi connectivity index (χ2n) is 5.37. The molecule has 1 fully saturated rings. The molecule has 0 amide bonds. The smallest absolute Gasteiger partial charge is 0.170 e. The molecule has 5 heteroatoms. The minimum Gasteiger partial charge on any atom is -0.409 e. The molecule has 0 spiro atoms. The molecule has 1 aliphatic carbocycles. The van der Waals surface area contributed by atoms with Gasteiger partial charge < -0.3 is 20.9 Å². The van der Waals surface area contributed by atoms with E-state index in [0.29, 0.717) is 5.92 Å². The van der Waals surface area contributed by atoms with Crippen LogP contribution in [-0.2, 0) is 6.54 Å². The van der Waals surface area contributed by atoms with Gasteiger partial charge in [0.25, 0.3) is 0 Å². The van der Waals surface area contributed by atoms with Crippen LogP contribution in [0, 0.1) is 5.92 Å². The van der Waals surface area contributed by atoms with E-state index in [9.17, 15) is 5.11 Å². The Hall–Kier alpha value is -1.59. The summed E-state index contributed by atoms with van der Waals surface area (Å²) in [5.74, 6) is 0.735. The van der Waals surface area contributed by atoms with Gasteiger partial charge in [0.05, 0.1) is 6.10 Å². The van der Waals surface area contributed by atoms with Crippen LogP contribution in [0.3, 0.4) is 0 Å². The number of hydrogen-bond acceptors (Lipinski definition) is 4. The summed E-state index contributed by atoms with van der Waals surface area (Å²) >= 11 is 0. The van der Waals surface area contributed by atoms with Crippen molar-refractivity contribution in [3.8, 4) is 0 Å². The van der Waals surface area contributed by atoms with Gasteiger partial charge in [-0.3, -0.25) is 0 Å². The van der Waals surface area contributed by atoms with Crippen LogP contribution in [0.1, 0.15) is 24.0 Å². The van der Waals surface area contributed by atoms with Crippen molar-refractivity contribution < 1.29 is 10.3 Å². The first-order valence-electron chi connectivity index (χ1n) is 6.52. The van der Waals surface area contributed by atoms with Crippen LogP contribution < -0.4 is 5.73 Å². The summed E-state index contributed by atoms with van der Waals surface area (Å²) < 4.78 is 0. The molecule has 1 aromatic rings. The van der Waals surface area contributed by atoms with E-state index in [-0.39, 0.29) is 11.9 Å². The molecular formula is C14H21N3O2. The Bertz CT molecular complexity index is 456. The minimum atomic E-state index is -0.0951. The molecule has 1 aromatic carbocycles. The second kappa shape index (κ2) is 6.04. The van der Waals surface area contributed by atoms with E-state index in [2.05, 4.69) is 17.1 Å². The first kappa shape index (κ1) is 13.8. The molecule has 19 heavy (non-hydrogen) atoms. The van der Waals surface area contributed by atoms with Crippen molar-refractivity contribution in [2.24, 2.45) is 16.8 Å². The minimum absolute atomic E-state index is 0.0951. The Labute approximate surface area is 113 Å². The molecule has 0 aromatic heterocycles. The molecular weight excluding hydrogens is 242 g/mol. The van der Waals surface area contributed by atoms with E-state index in [0.717, 1.165) is 37.1 Å². The zero-order chi connectivity index (χ0) is 13.8. The molecule has 1 saturated carbocycles. The lowest BCUT2D eigenvalue weighted by Crippen LogP contribution is -2.36. The van der Waals surface area contributed by atoms with E-state index < -0.39 is 0 Å². The maximum atomic E-state index is 9.28. The summed E-state index contributed by atoms with van der Waals surface area (Å²) in [6, 6.07) is 7.69. The summed E-state index contributed by atoms with van der Waals surface area (Å²) in [5, 5.41) is 21.0. The van der Waals surface area contributed by atoms with E-state index in [1.165, 1.54) is 0 Å². The quantitative estimate of drug-likeness (QED) is 0.320. The van der Waals surface area contributed by atoms with Crippen LogP contribution in [-0.4, -0.2) is 40.7 Å². The number of nitrogens with two attached hydrogens (primary N) is 1. The van der Waals surface area contributed by atoms with Crippen LogP contribution >= 0.6 is 0 Å². The Kier molecular flexibility index (Phi) is 4.39. The SMILES string of the molecule is CN(Cc1cccc(C(N)=NO)c1)CC1CC(O)C1. The predicted octanol–water partition coefficient (Wildman–Crippen LogP) is 0.984. The van der Waals surface area contributed by atoms with Crippen LogP contribution in [0.4, 0.5) is 0 Å². The van der Waals surface area contributed by atoms with Crippen molar-refractivity contribution in [2.75, 3.05) is 13.6 Å². The normalized spacial score (nSPS) is 23.4. The van der Waals surface area contributed by atoms with Crippen LogP contribution in [0.2, 0.25) is 0 Å². The molecule has 0 atom stereocenters. The number of nitrogens with zero attached hydrogens (tertiary/aromatic N) is 2. The van der Waals surface area contributed by atoms with Crippen molar-refractivity contribution in [3.63, 3.8) is 0 Å². The summed E-state index contributed by atoms with van der Waals surface area (Å²) in [4.78, 5) is 2.24. The Morgan fingerprint density at radius 3 is 2.84 bits per heavy atom. The number of aliphatic hydroxyl groups is 1. The summed E-state index contributed by atoms with van der Waals surface area (Å²) in [6.07, 6.45) is 1.73. The Morgan fingerprint density at radius 2 is 2.21 bits per heavy atom. The fourth-order valence-electron chi connectivity index (χ4n) is 2.55. The number of oxime groups is 1. The van der Waals surface area contributed by atoms with Crippen molar-refractivity contribution >= 4 is 5.84 Å². The first-order valence-corrected chi connectivity index (χ1v) is 6.52. The molecule has 0 aliphatic heterocycles. The van der Waals surface area contributed by atoms with Crippen LogP contribution in [0.5, 0.6) is 0 Å². The van der Waals surface area contributed by atoms with Gasteiger partial charge in [0.1, 0.15) is 0 Å². The van der Waals surface area contributed by atoms with Crippen molar-refractivity contribution in [2.45, 2.75) is 25.5 Å². The van der Waals surface area contributed by atoms with E-state index in [1.54, 1.807) is 0 Å². The fraction of sp³-hybridized carbons (Fsp3) is 0.500. The predicted molar refractivity (Wildman–Crippen MR) is 74.0 cm³/mol. The average Bonchev–Trinajstić information content (AvgIpc) is 2.36. The van der Waals surface area contributed by atoms with Gasteiger partial charge in [0.2, 0.25) is 0 Å². The van der Waals surface area contributed by atoms with Crippen molar-refractivity contribution in [1.82, 2.24) is 4.90 Å². The highest BCUT2D eigenvalue weighted by Gasteiger charge is 2.27. The van der Waals surface area contributed by atoms with Gasteiger partial charge in [-0.2, -0.15) is 0 Å². The number of rotatable bonds is 5. The lowest BCUT2D eigenvalue weighted by molar-refractivity contribution is 0.0274. The second-order valence-corrected chi connectivity index (χ2v) is 5.37. The van der Waals surface area contributed by atoms with Gasteiger partial charge >= 0.3 is 0 Å². The van der Waals surface area contributed by atoms with E-state index >= 15 is 0 Å². The molecule has 4 N–H and O–H groups in total. The van der Waals surface area contributed by atoms with Gasteiger partial charge in [-0.1, -0.05) is 23.4 Å². The zero-order valence-electron chi connectivity index (χ0n) is 11.2. The van der Waals surface area contributed by atoms with Crippen LogP contribution in [0.15, 0.2) is 29.4 Å². The Balaban J connectivity index is 1.91. The van der Waals surface area contributed by atoms with Crippen LogP contribution in [0.25, 0.3) is 0 Å². The molecule has 5 nitrogen and oxygen atoms in total. The average molecular weight is 263 g/mol.